The van der Waals surface area contributed by atoms with Gasteiger partial charge in [-0.3, -0.25) is 4.79 Å². The SMILES string of the molecule is O=C(O)CCC1=CC1.[KH]. The van der Waals surface area contributed by atoms with Crippen molar-refractivity contribution in [2.45, 2.75) is 19.3 Å². The minimum absolute atomic E-state index is 0. The second-order valence-corrected chi connectivity index (χ2v) is 1.96. The third kappa shape index (κ3) is 5.30. The number of allylic oxidation sites excluding steroid dienone is 2. The molecule has 0 radical (unpaired) electrons. The third-order valence-electron chi connectivity index (χ3n) is 1.15. The zero-order valence-corrected chi connectivity index (χ0v) is 4.55. The van der Waals surface area contributed by atoms with Crippen LogP contribution in [0.4, 0.5) is 0 Å². The van der Waals surface area contributed by atoms with E-state index in [9.17, 15) is 4.79 Å². The zero-order valence-electron chi connectivity index (χ0n) is 4.55. The van der Waals surface area contributed by atoms with Crippen molar-refractivity contribution in [2.75, 3.05) is 0 Å². The van der Waals surface area contributed by atoms with Gasteiger partial charge in [0.25, 0.3) is 0 Å². The molecule has 0 aromatic heterocycles. The van der Waals surface area contributed by atoms with Gasteiger partial charge in [0.15, 0.2) is 0 Å². The molecule has 0 aromatic rings. The van der Waals surface area contributed by atoms with Crippen molar-refractivity contribution in [1.29, 1.82) is 0 Å². The summed E-state index contributed by atoms with van der Waals surface area (Å²) in [6.45, 7) is 0. The van der Waals surface area contributed by atoms with Crippen LogP contribution in [0.15, 0.2) is 11.6 Å². The van der Waals surface area contributed by atoms with Crippen LogP contribution in [-0.4, -0.2) is 62.5 Å². The number of rotatable bonds is 3. The van der Waals surface area contributed by atoms with Gasteiger partial charge in [0.05, 0.1) is 0 Å². The second-order valence-electron chi connectivity index (χ2n) is 1.96. The fourth-order valence-electron chi connectivity index (χ4n) is 0.544. The predicted octanol–water partition coefficient (Wildman–Crippen LogP) is 0.533. The Kier molecular flexibility index (Phi) is 5.06. The van der Waals surface area contributed by atoms with Crippen molar-refractivity contribution >= 4 is 57.4 Å². The molecule has 0 saturated heterocycles. The topological polar surface area (TPSA) is 37.3 Å². The van der Waals surface area contributed by atoms with Gasteiger partial charge < -0.3 is 5.11 Å². The van der Waals surface area contributed by atoms with Crippen molar-refractivity contribution in [3.8, 4) is 0 Å². The Morgan fingerprint density at radius 3 is 2.67 bits per heavy atom. The summed E-state index contributed by atoms with van der Waals surface area (Å²) < 4.78 is 0. The van der Waals surface area contributed by atoms with Crippen molar-refractivity contribution in [2.24, 2.45) is 0 Å². The van der Waals surface area contributed by atoms with Gasteiger partial charge in [-0.25, -0.2) is 0 Å². The molecule has 46 valence electrons. The summed E-state index contributed by atoms with van der Waals surface area (Å²) in [5.74, 6) is -0.696. The summed E-state index contributed by atoms with van der Waals surface area (Å²) in [6, 6.07) is 0. The van der Waals surface area contributed by atoms with Crippen LogP contribution < -0.4 is 0 Å². The Labute approximate surface area is 96.7 Å². The van der Waals surface area contributed by atoms with Gasteiger partial charge in [-0.15, -0.1) is 0 Å². The Bertz CT molecular complexity index is 138. The van der Waals surface area contributed by atoms with Crippen LogP contribution in [0.1, 0.15) is 19.3 Å². The molecule has 0 amide bonds. The molecular formula is C6H9KO2. The number of carbonyl (C=O) groups is 1. The van der Waals surface area contributed by atoms with E-state index in [1.54, 1.807) is 0 Å². The van der Waals surface area contributed by atoms with E-state index in [0.717, 1.165) is 12.8 Å². The quantitative estimate of drug-likeness (QED) is 0.473. The molecule has 0 aliphatic heterocycles. The van der Waals surface area contributed by atoms with E-state index < -0.39 is 5.97 Å². The molecule has 0 aromatic carbocycles. The summed E-state index contributed by atoms with van der Waals surface area (Å²) in [4.78, 5) is 9.90. The van der Waals surface area contributed by atoms with Crippen LogP contribution in [0.25, 0.3) is 0 Å². The second kappa shape index (κ2) is 4.63. The third-order valence-corrected chi connectivity index (χ3v) is 1.15. The van der Waals surface area contributed by atoms with Gasteiger partial charge in [0.1, 0.15) is 0 Å². The molecule has 3 heteroatoms. The van der Waals surface area contributed by atoms with Gasteiger partial charge in [-0.05, 0) is 12.8 Å². The summed E-state index contributed by atoms with van der Waals surface area (Å²) >= 11 is 0. The van der Waals surface area contributed by atoms with Gasteiger partial charge in [0, 0.05) is 6.42 Å². The first kappa shape index (κ1) is 9.85. The molecule has 0 heterocycles. The monoisotopic (exact) mass is 152 g/mol. The fraction of sp³-hybridized carbons (Fsp3) is 0.500. The minimum atomic E-state index is -0.696. The standard InChI is InChI=1S/C6H8O2.K.H/c7-6(8)4-3-5-1-2-5;;/h1H,2-4H2,(H,7,8);;. The van der Waals surface area contributed by atoms with Crippen LogP contribution in [0.2, 0.25) is 0 Å². The Balaban J connectivity index is 0.000000640. The number of hydrogen-bond acceptors (Lipinski definition) is 1. The molecule has 1 aliphatic rings. The van der Waals surface area contributed by atoms with Gasteiger partial charge in [-0.1, -0.05) is 11.6 Å². The average Bonchev–Trinajstić information content (AvgIpc) is 2.41. The van der Waals surface area contributed by atoms with E-state index >= 15 is 0 Å². The van der Waals surface area contributed by atoms with Crippen LogP contribution in [0.3, 0.4) is 0 Å². The molecule has 0 fully saturated rings. The summed E-state index contributed by atoms with van der Waals surface area (Å²) in [5.41, 5.74) is 1.30. The molecule has 2 nitrogen and oxygen atoms in total. The molecular weight excluding hydrogens is 143 g/mol. The molecule has 1 N–H and O–H groups in total. The molecule has 0 unspecified atom stereocenters. The van der Waals surface area contributed by atoms with Crippen molar-refractivity contribution < 1.29 is 9.90 Å². The molecule has 1 aliphatic carbocycles. The zero-order chi connectivity index (χ0) is 5.98. The molecule has 0 bridgehead atoms. The maximum atomic E-state index is 9.90. The van der Waals surface area contributed by atoms with E-state index in [0.29, 0.717) is 6.42 Å². The van der Waals surface area contributed by atoms with Gasteiger partial charge in [-0.2, -0.15) is 0 Å². The van der Waals surface area contributed by atoms with Gasteiger partial charge in [0.2, 0.25) is 0 Å². The van der Waals surface area contributed by atoms with Crippen LogP contribution in [-0.2, 0) is 4.79 Å². The van der Waals surface area contributed by atoms with Gasteiger partial charge >= 0.3 is 57.4 Å². The first-order chi connectivity index (χ1) is 3.79. The van der Waals surface area contributed by atoms with E-state index in [1.165, 1.54) is 5.57 Å². The van der Waals surface area contributed by atoms with Crippen molar-refractivity contribution in [3.05, 3.63) is 11.6 Å². The normalized spacial score (nSPS) is 13.6. The van der Waals surface area contributed by atoms with E-state index in [2.05, 4.69) is 6.08 Å². The molecule has 9 heavy (non-hydrogen) atoms. The van der Waals surface area contributed by atoms with E-state index in [4.69, 9.17) is 5.11 Å². The number of aliphatic carboxylic acids is 1. The molecule has 0 atom stereocenters. The first-order valence-electron chi connectivity index (χ1n) is 2.69. The van der Waals surface area contributed by atoms with Crippen molar-refractivity contribution in [1.82, 2.24) is 0 Å². The summed E-state index contributed by atoms with van der Waals surface area (Å²) in [7, 11) is 0. The number of hydrogen-bond donors (Lipinski definition) is 1. The number of carboxylic acid groups (broad SMARTS) is 1. The molecule has 1 rings (SSSR count). The Morgan fingerprint density at radius 2 is 2.33 bits per heavy atom. The van der Waals surface area contributed by atoms with Crippen LogP contribution >= 0.6 is 0 Å². The fourth-order valence-corrected chi connectivity index (χ4v) is 0.544. The summed E-state index contributed by atoms with van der Waals surface area (Å²) in [6.07, 6.45) is 4.16. The first-order valence-corrected chi connectivity index (χ1v) is 2.69. The summed E-state index contributed by atoms with van der Waals surface area (Å²) in [5, 5.41) is 8.16. The van der Waals surface area contributed by atoms with E-state index in [-0.39, 0.29) is 51.4 Å². The van der Waals surface area contributed by atoms with E-state index in [1.807, 2.05) is 0 Å². The van der Waals surface area contributed by atoms with Crippen LogP contribution in [0, 0.1) is 0 Å². The maximum absolute atomic E-state index is 9.90. The number of carboxylic acids is 1. The van der Waals surface area contributed by atoms with Crippen molar-refractivity contribution in [3.63, 3.8) is 0 Å². The molecule has 0 spiro atoms. The Hall–Kier alpha value is 0.846. The predicted molar refractivity (Wildman–Crippen MR) is 36.7 cm³/mol. The average molecular weight is 152 g/mol. The molecule has 0 saturated carbocycles. The Morgan fingerprint density at radius 1 is 1.78 bits per heavy atom. The van der Waals surface area contributed by atoms with Crippen LogP contribution in [0.5, 0.6) is 0 Å².